The maximum absolute atomic E-state index is 4.46. The fraction of sp³-hybridized carbons (Fsp3) is 0.180. The van der Waals surface area contributed by atoms with Crippen LogP contribution in [0.15, 0.2) is 167 Å². The smallest absolute Gasteiger partial charge is 0.0543 e. The maximum Gasteiger partial charge on any atom is 0.0543 e. The number of aromatic nitrogens is 1. The Morgan fingerprint density at radius 1 is 0.698 bits per heavy atom. The van der Waals surface area contributed by atoms with Gasteiger partial charge in [0.05, 0.1) is 11.2 Å². The molecule has 1 aromatic heterocycles. The molecule has 0 spiro atoms. The number of hydrogen-bond acceptors (Lipinski definition) is 1. The van der Waals surface area contributed by atoms with E-state index in [1.165, 1.54) is 44.1 Å². The lowest BCUT2D eigenvalue weighted by molar-refractivity contribution is 0.490. The van der Waals surface area contributed by atoms with Crippen LogP contribution in [0.2, 0.25) is 0 Å². The predicted octanol–water partition coefficient (Wildman–Crippen LogP) is 17.9. The monoisotopic (exact) mass is 825 g/mol. The van der Waals surface area contributed by atoms with Crippen LogP contribution in [0.5, 0.6) is 0 Å². The molecule has 0 aliphatic heterocycles. The minimum Gasteiger partial charge on any atom is -0.344 e. The first-order valence-corrected chi connectivity index (χ1v) is 22.3. The molecular weight excluding hydrogens is 761 g/mol. The van der Waals surface area contributed by atoms with Gasteiger partial charge in [-0.1, -0.05) is 165 Å². The molecule has 1 heterocycles. The van der Waals surface area contributed by atoms with Gasteiger partial charge in [-0.05, 0) is 148 Å². The zero-order valence-electron chi connectivity index (χ0n) is 39.0. The molecule has 2 nitrogen and oxygen atoms in total. The average Bonchev–Trinajstić information content (AvgIpc) is 3.77. The SMILES string of the molecule is C=C/C=C(\C=C)N(c1ccc2c3ccccc3n(C)c2c1)c1cc2c(c(C=C)c1C=C)-c1ccc(-c3cc(C)c(C(/C=C\C)=C(\C)C=C)c(C=C)c3C=C)cc1C2(CC)CC.CC. The van der Waals surface area contributed by atoms with Crippen LogP contribution < -0.4 is 4.90 Å². The highest BCUT2D eigenvalue weighted by atomic mass is 15.2. The second kappa shape index (κ2) is 19.0. The Labute approximate surface area is 378 Å². The highest BCUT2D eigenvalue weighted by Gasteiger charge is 2.43. The van der Waals surface area contributed by atoms with E-state index in [0.717, 1.165) is 85.5 Å². The Morgan fingerprint density at radius 2 is 1.37 bits per heavy atom. The van der Waals surface area contributed by atoms with E-state index < -0.39 is 0 Å². The first-order valence-electron chi connectivity index (χ1n) is 22.3. The zero-order valence-corrected chi connectivity index (χ0v) is 39.0. The van der Waals surface area contributed by atoms with Gasteiger partial charge in [-0.3, -0.25) is 0 Å². The van der Waals surface area contributed by atoms with Crippen LogP contribution in [0, 0.1) is 6.92 Å². The number of hydrogen-bond donors (Lipinski definition) is 0. The quantitative estimate of drug-likeness (QED) is 0.0937. The molecule has 318 valence electrons. The minimum absolute atomic E-state index is 0.275. The van der Waals surface area contributed by atoms with Crippen LogP contribution in [0.3, 0.4) is 0 Å². The summed E-state index contributed by atoms with van der Waals surface area (Å²) in [6.45, 7) is 45.1. The van der Waals surface area contributed by atoms with Gasteiger partial charge in [-0.15, -0.1) is 0 Å². The Kier molecular flexibility index (Phi) is 13.8. The number of aryl methyl sites for hydroxylation is 2. The molecule has 0 unspecified atom stereocenters. The highest BCUT2D eigenvalue weighted by Crippen LogP contribution is 2.58. The summed E-state index contributed by atoms with van der Waals surface area (Å²) >= 11 is 0. The summed E-state index contributed by atoms with van der Waals surface area (Å²) in [6.07, 6.45) is 21.7. The Bertz CT molecular complexity index is 2940. The fourth-order valence-electron chi connectivity index (χ4n) is 10.1. The molecule has 5 aromatic carbocycles. The number of fused-ring (bicyclic) bond motifs is 6. The third kappa shape index (κ3) is 7.28. The van der Waals surface area contributed by atoms with Gasteiger partial charge in [0.25, 0.3) is 0 Å². The predicted molar refractivity (Wildman–Crippen MR) is 284 cm³/mol. The average molecular weight is 825 g/mol. The van der Waals surface area contributed by atoms with E-state index in [-0.39, 0.29) is 5.41 Å². The zero-order chi connectivity index (χ0) is 45.7. The van der Waals surface area contributed by atoms with Crippen molar-refractivity contribution in [3.8, 4) is 22.3 Å². The van der Waals surface area contributed by atoms with Gasteiger partial charge in [-0.25, -0.2) is 0 Å². The van der Waals surface area contributed by atoms with Crippen molar-refractivity contribution in [3.63, 3.8) is 0 Å². The van der Waals surface area contributed by atoms with Gasteiger partial charge in [-0.2, -0.15) is 0 Å². The summed E-state index contributed by atoms with van der Waals surface area (Å²) in [5.74, 6) is 0. The van der Waals surface area contributed by atoms with Crippen molar-refractivity contribution in [2.45, 2.75) is 66.7 Å². The van der Waals surface area contributed by atoms with Crippen LogP contribution >= 0.6 is 0 Å². The summed E-state index contributed by atoms with van der Waals surface area (Å²) in [6, 6.07) is 27.1. The molecule has 0 bridgehead atoms. The van der Waals surface area contributed by atoms with Crippen LogP contribution in [0.1, 0.15) is 98.9 Å². The third-order valence-corrected chi connectivity index (χ3v) is 13.1. The molecule has 2 heteroatoms. The summed E-state index contributed by atoms with van der Waals surface area (Å²) in [5.41, 5.74) is 21.2. The summed E-state index contributed by atoms with van der Waals surface area (Å²) in [7, 11) is 2.14. The minimum atomic E-state index is -0.275. The van der Waals surface area contributed by atoms with Gasteiger partial charge in [0.15, 0.2) is 0 Å². The van der Waals surface area contributed by atoms with Gasteiger partial charge >= 0.3 is 0 Å². The number of nitrogens with zero attached hydrogens (tertiary/aromatic N) is 2. The summed E-state index contributed by atoms with van der Waals surface area (Å²) in [4.78, 5) is 2.31. The van der Waals surface area contributed by atoms with Crippen molar-refractivity contribution < 1.29 is 0 Å². The molecule has 6 aromatic rings. The molecule has 63 heavy (non-hydrogen) atoms. The van der Waals surface area contributed by atoms with Crippen molar-refractivity contribution in [2.24, 2.45) is 7.05 Å². The molecule has 0 saturated heterocycles. The number of benzene rings is 5. The second-order valence-corrected chi connectivity index (χ2v) is 15.9. The van der Waals surface area contributed by atoms with Gasteiger partial charge < -0.3 is 9.47 Å². The van der Waals surface area contributed by atoms with Gasteiger partial charge in [0, 0.05) is 45.7 Å². The molecule has 0 N–H and O–H groups in total. The Balaban J connectivity index is 0.00000326. The summed E-state index contributed by atoms with van der Waals surface area (Å²) in [5, 5.41) is 2.45. The largest absolute Gasteiger partial charge is 0.344 e. The molecular formula is C61H64N2. The number of para-hydroxylation sites is 1. The third-order valence-electron chi connectivity index (χ3n) is 13.1. The first-order chi connectivity index (χ1) is 30.6. The lowest BCUT2D eigenvalue weighted by Gasteiger charge is -2.34. The standard InChI is InChI=1S/C59H58N2.C2H6/c1-14-26-41(17-4)61(42-31-33-49-48-28-24-25-29-54(48)60(13)55(49)36-42)56-37-53-58(46(21-8)44(56)19-6)50-32-30-40(35-52(50)59(53,22-9)23-10)51-34-39(12)57(45(20-7)43(51)18-5)47(27-15-2)38(11)16-3;1-2/h14-21,24-37H,1,3-8,22-23H2,2,9-13H3;1-2H3/b27-15-,41-26+,47-38+;. The van der Waals surface area contributed by atoms with Crippen LogP contribution in [0.4, 0.5) is 11.4 Å². The van der Waals surface area contributed by atoms with Crippen LogP contribution in [-0.4, -0.2) is 4.57 Å². The van der Waals surface area contributed by atoms with E-state index in [0.29, 0.717) is 0 Å². The van der Waals surface area contributed by atoms with Crippen molar-refractivity contribution in [3.05, 3.63) is 211 Å². The van der Waals surface area contributed by atoms with Crippen molar-refractivity contribution in [1.29, 1.82) is 0 Å². The Morgan fingerprint density at radius 3 is 1.97 bits per heavy atom. The van der Waals surface area contributed by atoms with Gasteiger partial charge in [0.2, 0.25) is 0 Å². The molecule has 1 aliphatic carbocycles. The molecule has 7 rings (SSSR count). The molecule has 0 radical (unpaired) electrons. The van der Waals surface area contributed by atoms with E-state index in [4.69, 9.17) is 0 Å². The number of rotatable bonds is 15. The lowest BCUT2D eigenvalue weighted by Crippen LogP contribution is -2.24. The van der Waals surface area contributed by atoms with Crippen molar-refractivity contribution in [2.75, 3.05) is 4.90 Å². The maximum atomic E-state index is 4.46. The Hall–Kier alpha value is -6.90. The summed E-state index contributed by atoms with van der Waals surface area (Å²) < 4.78 is 2.28. The van der Waals surface area contributed by atoms with Crippen LogP contribution in [-0.2, 0) is 12.5 Å². The molecule has 1 aliphatic rings. The second-order valence-electron chi connectivity index (χ2n) is 15.9. The van der Waals surface area contributed by atoms with Gasteiger partial charge in [0.1, 0.15) is 0 Å². The van der Waals surface area contributed by atoms with Crippen molar-refractivity contribution >= 4 is 63.1 Å². The first kappa shape index (κ1) is 45.6. The van der Waals surface area contributed by atoms with E-state index in [1.54, 1.807) is 0 Å². The van der Waals surface area contributed by atoms with E-state index in [1.807, 2.05) is 62.5 Å². The lowest BCUT2D eigenvalue weighted by atomic mass is 9.72. The normalized spacial score (nSPS) is 13.1. The van der Waals surface area contributed by atoms with E-state index in [9.17, 15) is 0 Å². The fourth-order valence-corrected chi connectivity index (χ4v) is 10.1. The van der Waals surface area contributed by atoms with E-state index >= 15 is 0 Å². The number of anilines is 2. The molecule has 0 fully saturated rings. The topological polar surface area (TPSA) is 8.17 Å². The molecule has 0 atom stereocenters. The van der Waals surface area contributed by atoms with Crippen molar-refractivity contribution in [1.82, 2.24) is 4.57 Å². The van der Waals surface area contributed by atoms with E-state index in [2.05, 4.69) is 182 Å². The molecule has 0 saturated carbocycles. The highest BCUT2D eigenvalue weighted by molar-refractivity contribution is 6.09. The number of allylic oxidation sites excluding steroid dienone is 8. The molecule has 0 amide bonds. The van der Waals surface area contributed by atoms with Crippen LogP contribution in [0.25, 0.3) is 73.9 Å².